The molecule has 1 aromatic heterocycles. The lowest BCUT2D eigenvalue weighted by atomic mass is 10.2. The Morgan fingerprint density at radius 1 is 1.32 bits per heavy atom. The number of halogens is 3. The number of aromatic amines is 1. The highest BCUT2D eigenvalue weighted by Crippen LogP contribution is 2.29. The molecule has 2 rings (SSSR count). The van der Waals surface area contributed by atoms with Gasteiger partial charge in [0.15, 0.2) is 0 Å². The lowest BCUT2D eigenvalue weighted by Gasteiger charge is -2.08. The fourth-order valence-electron chi connectivity index (χ4n) is 1.69. The van der Waals surface area contributed by atoms with Crippen LogP contribution in [0.3, 0.4) is 0 Å². The van der Waals surface area contributed by atoms with Crippen LogP contribution in [0.25, 0.3) is 5.69 Å². The molecule has 0 radical (unpaired) electrons. The average molecular weight is 272 g/mol. The molecule has 102 valence electrons. The molecule has 1 N–H and O–H groups in total. The molecule has 0 aliphatic heterocycles. The number of methoxy groups -OCH3 is 1. The van der Waals surface area contributed by atoms with Crippen LogP contribution in [0.1, 0.15) is 11.3 Å². The molecule has 0 fully saturated rings. The van der Waals surface area contributed by atoms with Crippen molar-refractivity contribution in [3.05, 3.63) is 51.9 Å². The second-order valence-corrected chi connectivity index (χ2v) is 3.94. The van der Waals surface area contributed by atoms with Gasteiger partial charge in [-0.25, -0.2) is 4.68 Å². The van der Waals surface area contributed by atoms with Gasteiger partial charge in [0.25, 0.3) is 5.56 Å². The summed E-state index contributed by atoms with van der Waals surface area (Å²) in [4.78, 5) is 11.7. The Bertz CT molecular complexity index is 628. The van der Waals surface area contributed by atoms with E-state index in [1.165, 1.54) is 25.3 Å². The van der Waals surface area contributed by atoms with Gasteiger partial charge in [-0.15, -0.1) is 0 Å². The van der Waals surface area contributed by atoms with Gasteiger partial charge in [0.05, 0.1) is 23.6 Å². The zero-order valence-corrected chi connectivity index (χ0v) is 9.99. The third kappa shape index (κ3) is 2.87. The molecule has 1 heterocycles. The smallest absolute Gasteiger partial charge is 0.378 e. The van der Waals surface area contributed by atoms with Gasteiger partial charge in [0, 0.05) is 13.2 Å². The van der Waals surface area contributed by atoms with Crippen LogP contribution in [0.2, 0.25) is 0 Å². The largest absolute Gasteiger partial charge is 0.416 e. The topological polar surface area (TPSA) is 47.0 Å². The van der Waals surface area contributed by atoms with Crippen LogP contribution in [0.4, 0.5) is 13.2 Å². The number of nitrogens with one attached hydrogen (secondary N) is 1. The summed E-state index contributed by atoms with van der Waals surface area (Å²) in [5.41, 5.74) is -0.627. The molecule has 19 heavy (non-hydrogen) atoms. The molecule has 0 saturated heterocycles. The van der Waals surface area contributed by atoms with E-state index < -0.39 is 17.3 Å². The number of nitrogens with zero attached hydrogens (tertiary/aromatic N) is 1. The van der Waals surface area contributed by atoms with Crippen molar-refractivity contribution < 1.29 is 17.9 Å². The predicted octanol–water partition coefficient (Wildman–Crippen LogP) is 2.33. The van der Waals surface area contributed by atoms with E-state index in [0.717, 1.165) is 16.8 Å². The molecular weight excluding hydrogens is 261 g/mol. The van der Waals surface area contributed by atoms with E-state index in [4.69, 9.17) is 4.74 Å². The Morgan fingerprint density at radius 3 is 2.68 bits per heavy atom. The molecule has 0 saturated carbocycles. The molecule has 2 aromatic rings. The summed E-state index contributed by atoms with van der Waals surface area (Å²) in [7, 11) is 1.46. The highest BCUT2D eigenvalue weighted by Gasteiger charge is 2.30. The molecule has 0 unspecified atom stereocenters. The summed E-state index contributed by atoms with van der Waals surface area (Å²) < 4.78 is 43.7. The Kier molecular flexibility index (Phi) is 3.48. The minimum atomic E-state index is -4.44. The van der Waals surface area contributed by atoms with Crippen LogP contribution < -0.4 is 5.56 Å². The van der Waals surface area contributed by atoms with Crippen molar-refractivity contribution in [2.75, 3.05) is 7.11 Å². The Morgan fingerprint density at radius 2 is 2.05 bits per heavy atom. The van der Waals surface area contributed by atoms with Crippen molar-refractivity contribution in [2.45, 2.75) is 12.8 Å². The first-order valence-corrected chi connectivity index (χ1v) is 5.39. The van der Waals surface area contributed by atoms with Gasteiger partial charge in [-0.3, -0.25) is 9.89 Å². The molecule has 0 atom stereocenters. The van der Waals surface area contributed by atoms with E-state index in [9.17, 15) is 18.0 Å². The number of rotatable bonds is 3. The van der Waals surface area contributed by atoms with Crippen LogP contribution in [-0.2, 0) is 17.5 Å². The maximum atomic E-state index is 12.6. The van der Waals surface area contributed by atoms with Crippen molar-refractivity contribution in [2.24, 2.45) is 0 Å². The van der Waals surface area contributed by atoms with Crippen molar-refractivity contribution >= 4 is 0 Å². The quantitative estimate of drug-likeness (QED) is 0.932. The first-order valence-electron chi connectivity index (χ1n) is 5.39. The number of hydrogen-bond donors (Lipinski definition) is 1. The molecule has 4 nitrogen and oxygen atoms in total. The molecule has 0 amide bonds. The summed E-state index contributed by atoms with van der Waals surface area (Å²) in [6.07, 6.45) is -4.44. The van der Waals surface area contributed by atoms with E-state index in [0.29, 0.717) is 5.69 Å². The molecule has 0 bridgehead atoms. The van der Waals surface area contributed by atoms with E-state index in [1.807, 2.05) is 0 Å². The molecule has 1 aromatic carbocycles. The monoisotopic (exact) mass is 272 g/mol. The van der Waals surface area contributed by atoms with E-state index in [-0.39, 0.29) is 12.3 Å². The standard InChI is InChI=1S/C12H11F3N2O2/c1-19-7-9-6-11(18)17(16-9)10-4-2-3-8(5-10)12(13,14)15/h2-6,16H,7H2,1H3. The van der Waals surface area contributed by atoms with Crippen molar-refractivity contribution in [1.82, 2.24) is 9.78 Å². The highest BCUT2D eigenvalue weighted by atomic mass is 19.4. The minimum Gasteiger partial charge on any atom is -0.378 e. The van der Waals surface area contributed by atoms with Gasteiger partial charge in [0.2, 0.25) is 0 Å². The molecule has 0 aliphatic rings. The third-order valence-corrected chi connectivity index (χ3v) is 2.51. The van der Waals surface area contributed by atoms with E-state index in [2.05, 4.69) is 5.10 Å². The molecule has 0 aliphatic carbocycles. The van der Waals surface area contributed by atoms with Crippen LogP contribution in [-0.4, -0.2) is 16.9 Å². The van der Waals surface area contributed by atoms with Gasteiger partial charge in [-0.05, 0) is 18.2 Å². The predicted molar refractivity (Wildman–Crippen MR) is 62.1 cm³/mol. The van der Waals surface area contributed by atoms with Crippen LogP contribution >= 0.6 is 0 Å². The lowest BCUT2D eigenvalue weighted by Crippen LogP contribution is -2.14. The van der Waals surface area contributed by atoms with E-state index in [1.54, 1.807) is 0 Å². The molecule has 7 heteroatoms. The van der Waals surface area contributed by atoms with Crippen LogP contribution in [0, 0.1) is 0 Å². The van der Waals surface area contributed by atoms with Crippen LogP contribution in [0.5, 0.6) is 0 Å². The maximum absolute atomic E-state index is 12.6. The summed E-state index contributed by atoms with van der Waals surface area (Å²) in [6.45, 7) is 0.182. The average Bonchev–Trinajstić information content (AvgIpc) is 2.70. The Labute approximate surface area is 106 Å². The fourth-order valence-corrected chi connectivity index (χ4v) is 1.69. The Hall–Kier alpha value is -2.02. The zero-order chi connectivity index (χ0) is 14.0. The van der Waals surface area contributed by atoms with Crippen molar-refractivity contribution in [3.63, 3.8) is 0 Å². The minimum absolute atomic E-state index is 0.127. The van der Waals surface area contributed by atoms with Gasteiger partial charge in [-0.1, -0.05) is 6.07 Å². The van der Waals surface area contributed by atoms with Crippen LogP contribution in [0.15, 0.2) is 35.1 Å². The van der Waals surface area contributed by atoms with E-state index >= 15 is 0 Å². The first kappa shape index (κ1) is 13.4. The van der Waals surface area contributed by atoms with Gasteiger partial charge < -0.3 is 4.74 Å². The van der Waals surface area contributed by atoms with Gasteiger partial charge in [-0.2, -0.15) is 13.2 Å². The maximum Gasteiger partial charge on any atom is 0.416 e. The second kappa shape index (κ2) is 4.93. The number of benzene rings is 1. The normalized spacial score (nSPS) is 11.8. The molecule has 0 spiro atoms. The number of alkyl halides is 3. The fraction of sp³-hybridized carbons (Fsp3) is 0.250. The summed E-state index contributed by atoms with van der Waals surface area (Å²) in [5.74, 6) is 0. The lowest BCUT2D eigenvalue weighted by molar-refractivity contribution is -0.137. The number of hydrogen-bond acceptors (Lipinski definition) is 2. The first-order chi connectivity index (χ1) is 8.91. The van der Waals surface area contributed by atoms with Crippen molar-refractivity contribution in [3.8, 4) is 5.69 Å². The second-order valence-electron chi connectivity index (χ2n) is 3.94. The SMILES string of the molecule is COCc1cc(=O)n(-c2cccc(C(F)(F)F)c2)[nH]1. The number of H-pyrrole nitrogens is 1. The Balaban J connectivity index is 2.45. The number of ether oxygens (including phenoxy) is 1. The summed E-state index contributed by atoms with van der Waals surface area (Å²) in [5, 5.41) is 2.69. The van der Waals surface area contributed by atoms with Crippen molar-refractivity contribution in [1.29, 1.82) is 0 Å². The van der Waals surface area contributed by atoms with Gasteiger partial charge >= 0.3 is 6.18 Å². The number of aromatic nitrogens is 2. The molecular formula is C12H11F3N2O2. The summed E-state index contributed by atoms with van der Waals surface area (Å²) >= 11 is 0. The highest BCUT2D eigenvalue weighted by molar-refractivity contribution is 5.36. The van der Waals surface area contributed by atoms with Gasteiger partial charge in [0.1, 0.15) is 0 Å². The summed E-state index contributed by atoms with van der Waals surface area (Å²) in [6, 6.07) is 5.82. The zero-order valence-electron chi connectivity index (χ0n) is 9.99. The third-order valence-electron chi connectivity index (χ3n) is 2.51.